The fraction of sp³-hybridized carbons (Fsp3) is 0.720. The Hall–Kier alpha value is -1.59. The van der Waals surface area contributed by atoms with Gasteiger partial charge in [0.15, 0.2) is 0 Å². The Bertz CT molecular complexity index is 743. The van der Waals surface area contributed by atoms with Gasteiger partial charge in [0, 0.05) is 18.6 Å². The van der Waals surface area contributed by atoms with E-state index in [0.29, 0.717) is 12.5 Å². The van der Waals surface area contributed by atoms with Crippen molar-refractivity contribution in [1.82, 2.24) is 14.7 Å². The molecule has 30 heavy (non-hydrogen) atoms. The number of hydrogen-bond donors (Lipinski definition) is 1. The van der Waals surface area contributed by atoms with E-state index in [1.165, 1.54) is 24.8 Å². The number of rotatable bonds is 6. The molecule has 0 unspecified atom stereocenters. The first-order valence-electron chi connectivity index (χ1n) is 11.7. The number of carbonyl (C=O) groups excluding carboxylic acids is 1. The van der Waals surface area contributed by atoms with Gasteiger partial charge >= 0.3 is 6.03 Å². The molecule has 2 amide bonds. The molecule has 166 valence electrons. The maximum atomic E-state index is 13.4. The van der Waals surface area contributed by atoms with Crippen LogP contribution in [-0.2, 0) is 5.54 Å². The third-order valence-corrected chi connectivity index (χ3v) is 7.98. The van der Waals surface area contributed by atoms with Gasteiger partial charge in [-0.05, 0) is 77.9 Å². The molecule has 5 nitrogen and oxygen atoms in total. The van der Waals surface area contributed by atoms with Crippen molar-refractivity contribution in [2.45, 2.75) is 75.5 Å². The molecule has 1 saturated heterocycles. The van der Waals surface area contributed by atoms with Crippen molar-refractivity contribution in [2.24, 2.45) is 5.92 Å². The van der Waals surface area contributed by atoms with Crippen LogP contribution in [0.4, 0.5) is 4.79 Å². The summed E-state index contributed by atoms with van der Waals surface area (Å²) >= 11 is 0. The predicted octanol–water partition coefficient (Wildman–Crippen LogP) is 4.06. The van der Waals surface area contributed by atoms with E-state index in [1.807, 2.05) is 4.90 Å². The van der Waals surface area contributed by atoms with Crippen molar-refractivity contribution < 1.29 is 9.90 Å². The molecule has 0 atom stereocenters. The molecule has 1 aliphatic heterocycles. The maximum absolute atomic E-state index is 13.4. The highest BCUT2D eigenvalue weighted by Gasteiger charge is 2.55. The topological polar surface area (TPSA) is 47.0 Å². The Morgan fingerprint density at radius 2 is 1.73 bits per heavy atom. The van der Waals surface area contributed by atoms with Crippen molar-refractivity contribution in [3.63, 3.8) is 0 Å². The van der Waals surface area contributed by atoms with E-state index in [0.717, 1.165) is 38.8 Å². The zero-order chi connectivity index (χ0) is 21.6. The Balaban J connectivity index is 1.59. The molecule has 2 aliphatic carbocycles. The predicted molar refractivity (Wildman–Crippen MR) is 120 cm³/mol. The number of amides is 2. The first-order chi connectivity index (χ1) is 14.2. The number of urea groups is 1. The molecule has 3 fully saturated rings. The number of nitrogens with zero attached hydrogens (tertiary/aromatic N) is 3. The van der Waals surface area contributed by atoms with Gasteiger partial charge < -0.3 is 14.9 Å². The third kappa shape index (κ3) is 3.87. The highest BCUT2D eigenvalue weighted by atomic mass is 16.3. The number of carbonyl (C=O) groups is 1. The number of hydrogen-bond acceptors (Lipinski definition) is 3. The summed E-state index contributed by atoms with van der Waals surface area (Å²) in [7, 11) is 4.38. The summed E-state index contributed by atoms with van der Waals surface area (Å²) in [5.74, 6) is 0.655. The van der Waals surface area contributed by atoms with Gasteiger partial charge in [-0.15, -0.1) is 0 Å². The lowest BCUT2D eigenvalue weighted by Gasteiger charge is -2.51. The second-order valence-electron chi connectivity index (χ2n) is 10.9. The zero-order valence-electron chi connectivity index (χ0n) is 19.2. The molecule has 0 aromatic heterocycles. The van der Waals surface area contributed by atoms with Crippen LogP contribution in [0.5, 0.6) is 0 Å². The van der Waals surface area contributed by atoms with E-state index in [4.69, 9.17) is 0 Å². The first-order valence-corrected chi connectivity index (χ1v) is 11.7. The zero-order valence-corrected chi connectivity index (χ0v) is 19.2. The second kappa shape index (κ2) is 7.83. The molecule has 1 heterocycles. The van der Waals surface area contributed by atoms with Crippen molar-refractivity contribution in [3.8, 4) is 0 Å². The summed E-state index contributed by atoms with van der Waals surface area (Å²) in [5.41, 5.74) is 0.455. The molecule has 4 rings (SSSR count). The van der Waals surface area contributed by atoms with Gasteiger partial charge in [-0.2, -0.15) is 0 Å². The average molecular weight is 414 g/mol. The monoisotopic (exact) mass is 413 g/mol. The molecule has 1 N–H and O–H groups in total. The fourth-order valence-corrected chi connectivity index (χ4v) is 5.98. The molecule has 1 aromatic carbocycles. The molecule has 0 radical (unpaired) electrons. The van der Waals surface area contributed by atoms with Gasteiger partial charge in [0.05, 0.1) is 17.7 Å². The van der Waals surface area contributed by atoms with Crippen LogP contribution in [-0.4, -0.2) is 70.7 Å². The second-order valence-corrected chi connectivity index (χ2v) is 10.9. The van der Waals surface area contributed by atoms with Crippen molar-refractivity contribution in [2.75, 3.05) is 33.7 Å². The van der Waals surface area contributed by atoms with Gasteiger partial charge in [0.2, 0.25) is 0 Å². The van der Waals surface area contributed by atoms with E-state index in [2.05, 4.69) is 54.2 Å². The number of β-amino-alcohol motifs (C(OH)–C–C–N with tert-alkyl or cyclic N) is 1. The summed E-state index contributed by atoms with van der Waals surface area (Å²) < 4.78 is 0. The van der Waals surface area contributed by atoms with Crippen molar-refractivity contribution >= 4 is 6.03 Å². The SMILES string of the molecule is CN(C)[C@]1(c2ccccc2)CC[C@]2(CC1)CN(CC(C)(C)O)C(=O)N2CC1CCC1. The Morgan fingerprint density at radius 1 is 1.10 bits per heavy atom. The van der Waals surface area contributed by atoms with Gasteiger partial charge in [-0.25, -0.2) is 4.79 Å². The van der Waals surface area contributed by atoms with Gasteiger partial charge in [-0.3, -0.25) is 4.90 Å². The Morgan fingerprint density at radius 3 is 2.23 bits per heavy atom. The minimum atomic E-state index is -0.866. The van der Waals surface area contributed by atoms with Crippen LogP contribution in [0.15, 0.2) is 30.3 Å². The molecule has 0 bridgehead atoms. The van der Waals surface area contributed by atoms with Crippen LogP contribution in [0.1, 0.15) is 64.4 Å². The normalized spacial score (nSPS) is 30.4. The van der Waals surface area contributed by atoms with Crippen LogP contribution in [0.25, 0.3) is 0 Å². The summed E-state index contributed by atoms with van der Waals surface area (Å²) in [6.07, 6.45) is 7.92. The van der Waals surface area contributed by atoms with Crippen molar-refractivity contribution in [1.29, 1.82) is 0 Å². The largest absolute Gasteiger partial charge is 0.389 e. The Kier molecular flexibility index (Phi) is 5.65. The molecule has 3 aliphatic rings. The highest BCUT2D eigenvalue weighted by Crippen LogP contribution is 2.49. The molecule has 1 aromatic rings. The molecule has 2 saturated carbocycles. The lowest BCUT2D eigenvalue weighted by Crippen LogP contribution is -2.56. The van der Waals surface area contributed by atoms with Crippen LogP contribution < -0.4 is 0 Å². The quantitative estimate of drug-likeness (QED) is 0.765. The minimum Gasteiger partial charge on any atom is -0.389 e. The van der Waals surface area contributed by atoms with Gasteiger partial charge in [-0.1, -0.05) is 36.8 Å². The summed E-state index contributed by atoms with van der Waals surface area (Å²) in [6, 6.07) is 11.0. The summed E-state index contributed by atoms with van der Waals surface area (Å²) in [4.78, 5) is 19.9. The highest BCUT2D eigenvalue weighted by molar-refractivity contribution is 5.78. The average Bonchev–Trinajstić information content (AvgIpc) is 2.89. The lowest BCUT2D eigenvalue weighted by atomic mass is 9.68. The summed E-state index contributed by atoms with van der Waals surface area (Å²) in [6.45, 7) is 5.65. The smallest absolute Gasteiger partial charge is 0.320 e. The Labute approximate surface area is 182 Å². The number of benzene rings is 1. The standard InChI is InChI=1S/C25H39N3O2/c1-23(2,30)18-27-19-24(28(22(27)29)17-20-9-8-10-20)13-15-25(16-14-24,26(3)4)21-11-6-5-7-12-21/h5-7,11-12,20,30H,8-10,13-19H2,1-4H3/t24-,25+. The molecular weight excluding hydrogens is 374 g/mol. The van der Waals surface area contributed by atoms with E-state index < -0.39 is 5.60 Å². The van der Waals surface area contributed by atoms with Crippen LogP contribution in [0, 0.1) is 5.92 Å². The van der Waals surface area contributed by atoms with E-state index in [9.17, 15) is 9.90 Å². The van der Waals surface area contributed by atoms with Gasteiger partial charge in [0.1, 0.15) is 0 Å². The molecule has 5 heteroatoms. The molecule has 1 spiro atoms. The van der Waals surface area contributed by atoms with E-state index in [1.54, 1.807) is 13.8 Å². The van der Waals surface area contributed by atoms with Crippen LogP contribution in [0.2, 0.25) is 0 Å². The van der Waals surface area contributed by atoms with E-state index >= 15 is 0 Å². The van der Waals surface area contributed by atoms with E-state index in [-0.39, 0.29) is 17.1 Å². The summed E-state index contributed by atoms with van der Waals surface area (Å²) in [5, 5.41) is 10.4. The molecular formula is C25H39N3O2. The fourth-order valence-electron chi connectivity index (χ4n) is 5.98. The lowest BCUT2D eigenvalue weighted by molar-refractivity contribution is 0.0138. The van der Waals surface area contributed by atoms with Crippen molar-refractivity contribution in [3.05, 3.63) is 35.9 Å². The van der Waals surface area contributed by atoms with Gasteiger partial charge in [0.25, 0.3) is 0 Å². The van der Waals surface area contributed by atoms with Crippen LogP contribution in [0.3, 0.4) is 0 Å². The minimum absolute atomic E-state index is 0.0291. The van der Waals surface area contributed by atoms with Crippen LogP contribution >= 0.6 is 0 Å². The number of aliphatic hydroxyl groups is 1. The third-order valence-electron chi connectivity index (χ3n) is 7.98. The maximum Gasteiger partial charge on any atom is 0.320 e. The first kappa shape index (κ1) is 21.6.